The van der Waals surface area contributed by atoms with E-state index in [9.17, 15) is 4.79 Å². The van der Waals surface area contributed by atoms with E-state index in [-0.39, 0.29) is 4.87 Å². The summed E-state index contributed by atoms with van der Waals surface area (Å²) in [6.45, 7) is 0. The molecule has 2 rings (SSSR count). The average Bonchev–Trinajstić information content (AvgIpc) is 2.17. The highest BCUT2D eigenvalue weighted by atomic mass is 32.1. The van der Waals surface area contributed by atoms with Crippen molar-refractivity contribution in [1.82, 2.24) is 4.98 Å². The molecule has 0 aromatic carbocycles. The van der Waals surface area contributed by atoms with Crippen LogP contribution >= 0.6 is 11.3 Å². The molecule has 0 saturated heterocycles. The van der Waals surface area contributed by atoms with E-state index in [1.54, 1.807) is 0 Å². The van der Waals surface area contributed by atoms with E-state index in [2.05, 4.69) is 4.98 Å². The molecule has 2 aliphatic rings. The Morgan fingerprint density at radius 2 is 2.00 bits per heavy atom. The number of thiazole rings is 1. The molecule has 3 heteroatoms. The van der Waals surface area contributed by atoms with Crippen LogP contribution in [-0.4, -0.2) is 4.98 Å². The standard InChI is InChI=1S/C8H5NOS/c10-8-9-6-4-2-1-3-5-7(6)11-8/h1-5H. The van der Waals surface area contributed by atoms with Gasteiger partial charge in [-0.05, 0) is 12.1 Å². The van der Waals surface area contributed by atoms with Crippen molar-refractivity contribution in [2.75, 3.05) is 0 Å². The Labute approximate surface area is 67.5 Å². The van der Waals surface area contributed by atoms with Crippen LogP contribution in [0.5, 0.6) is 0 Å². The zero-order chi connectivity index (χ0) is 7.68. The van der Waals surface area contributed by atoms with Gasteiger partial charge in [-0.3, -0.25) is 4.79 Å². The quantitative estimate of drug-likeness (QED) is 0.590. The molecule has 0 N–H and O–H groups in total. The molecule has 0 aromatic rings. The molecule has 54 valence electrons. The lowest BCUT2D eigenvalue weighted by Crippen LogP contribution is -1.89. The molecular weight excluding hydrogens is 158 g/mol. The van der Waals surface area contributed by atoms with Gasteiger partial charge in [0, 0.05) is 0 Å². The van der Waals surface area contributed by atoms with Gasteiger partial charge in [0.1, 0.15) is 0 Å². The van der Waals surface area contributed by atoms with E-state index >= 15 is 0 Å². The fourth-order valence-corrected chi connectivity index (χ4v) is 1.61. The number of rotatable bonds is 0. The molecule has 1 heterocycles. The molecule has 0 fully saturated rings. The molecule has 0 radical (unpaired) electrons. The second-order valence-electron chi connectivity index (χ2n) is 2.14. The lowest BCUT2D eigenvalue weighted by Gasteiger charge is -1.81. The molecule has 0 unspecified atom stereocenters. The first-order valence-electron chi connectivity index (χ1n) is 3.22. The Hall–Kier alpha value is -1.22. The molecule has 0 saturated carbocycles. The van der Waals surface area contributed by atoms with Gasteiger partial charge >= 0.3 is 4.87 Å². The SMILES string of the molecule is O=c1nc2cccccc-2s1. The Morgan fingerprint density at radius 3 is 2.91 bits per heavy atom. The number of hydrogen-bond donors (Lipinski definition) is 0. The van der Waals surface area contributed by atoms with Crippen molar-refractivity contribution in [2.45, 2.75) is 0 Å². The summed E-state index contributed by atoms with van der Waals surface area (Å²) < 4.78 is 0. The molecule has 0 bridgehead atoms. The largest absolute Gasteiger partial charge is 0.327 e. The van der Waals surface area contributed by atoms with Crippen molar-refractivity contribution in [3.05, 3.63) is 40.0 Å². The van der Waals surface area contributed by atoms with E-state index < -0.39 is 0 Å². The van der Waals surface area contributed by atoms with Crippen LogP contribution < -0.4 is 4.87 Å². The summed E-state index contributed by atoms with van der Waals surface area (Å²) in [7, 11) is 0. The first-order valence-corrected chi connectivity index (χ1v) is 4.04. The highest BCUT2D eigenvalue weighted by molar-refractivity contribution is 7.13. The van der Waals surface area contributed by atoms with Gasteiger partial charge < -0.3 is 0 Å². The summed E-state index contributed by atoms with van der Waals surface area (Å²) in [6, 6.07) is 9.43. The Morgan fingerprint density at radius 1 is 1.18 bits per heavy atom. The van der Waals surface area contributed by atoms with Gasteiger partial charge in [0.05, 0.1) is 10.6 Å². The van der Waals surface area contributed by atoms with E-state index in [0.717, 1.165) is 10.6 Å². The third-order valence-electron chi connectivity index (χ3n) is 1.39. The van der Waals surface area contributed by atoms with Crippen molar-refractivity contribution in [1.29, 1.82) is 0 Å². The van der Waals surface area contributed by atoms with Crippen LogP contribution in [0.4, 0.5) is 0 Å². The minimum Gasteiger partial charge on any atom is -0.255 e. The number of aromatic nitrogens is 1. The molecule has 0 amide bonds. The van der Waals surface area contributed by atoms with E-state index in [0.29, 0.717) is 0 Å². The van der Waals surface area contributed by atoms with Crippen LogP contribution in [0.25, 0.3) is 10.6 Å². The zero-order valence-electron chi connectivity index (χ0n) is 5.65. The smallest absolute Gasteiger partial charge is 0.255 e. The second kappa shape index (κ2) is 2.43. The zero-order valence-corrected chi connectivity index (χ0v) is 6.47. The minimum absolute atomic E-state index is 0.119. The van der Waals surface area contributed by atoms with Crippen LogP contribution in [0.15, 0.2) is 35.1 Å². The van der Waals surface area contributed by atoms with Crippen molar-refractivity contribution in [3.63, 3.8) is 0 Å². The predicted octanol–water partition coefficient (Wildman–Crippen LogP) is 1.61. The van der Waals surface area contributed by atoms with Gasteiger partial charge in [0.25, 0.3) is 0 Å². The third-order valence-corrected chi connectivity index (χ3v) is 2.22. The molecule has 2 nitrogen and oxygen atoms in total. The highest BCUT2D eigenvalue weighted by Crippen LogP contribution is 2.18. The first-order chi connectivity index (χ1) is 5.36. The normalized spacial score (nSPS) is 10.2. The second-order valence-corrected chi connectivity index (χ2v) is 3.13. The van der Waals surface area contributed by atoms with Gasteiger partial charge in [-0.1, -0.05) is 29.5 Å². The lowest BCUT2D eigenvalue weighted by molar-refractivity contribution is 1.35. The van der Waals surface area contributed by atoms with Crippen LogP contribution in [0.2, 0.25) is 0 Å². The van der Waals surface area contributed by atoms with Crippen molar-refractivity contribution in [2.24, 2.45) is 0 Å². The topological polar surface area (TPSA) is 30.0 Å². The fourth-order valence-electron chi connectivity index (χ4n) is 0.915. The maximum Gasteiger partial charge on any atom is 0.327 e. The van der Waals surface area contributed by atoms with Crippen molar-refractivity contribution < 1.29 is 0 Å². The first kappa shape index (κ1) is 6.49. The van der Waals surface area contributed by atoms with Crippen molar-refractivity contribution in [3.8, 4) is 10.6 Å². The number of hydrogen-bond acceptors (Lipinski definition) is 3. The van der Waals surface area contributed by atoms with Gasteiger partial charge in [-0.25, -0.2) is 0 Å². The van der Waals surface area contributed by atoms with Crippen LogP contribution in [0.1, 0.15) is 0 Å². The maximum absolute atomic E-state index is 10.8. The van der Waals surface area contributed by atoms with Gasteiger partial charge in [-0.15, -0.1) is 0 Å². The maximum atomic E-state index is 10.8. The molecule has 0 aromatic heterocycles. The summed E-state index contributed by atoms with van der Waals surface area (Å²) in [5, 5.41) is 0. The Kier molecular flexibility index (Phi) is 1.43. The summed E-state index contributed by atoms with van der Waals surface area (Å²) in [5.41, 5.74) is 0.782. The van der Waals surface area contributed by atoms with Crippen molar-refractivity contribution >= 4 is 11.3 Å². The van der Waals surface area contributed by atoms with Crippen LogP contribution in [0.3, 0.4) is 0 Å². The number of fused-ring (bicyclic) bond motifs is 1. The van der Waals surface area contributed by atoms with Gasteiger partial charge in [0.15, 0.2) is 0 Å². The van der Waals surface area contributed by atoms with E-state index in [4.69, 9.17) is 0 Å². The van der Waals surface area contributed by atoms with Gasteiger partial charge in [0.2, 0.25) is 0 Å². The molecular formula is C8H5NOS. The van der Waals surface area contributed by atoms with Gasteiger partial charge in [-0.2, -0.15) is 4.98 Å². The Bertz CT molecular complexity index is 362. The molecule has 1 aliphatic carbocycles. The minimum atomic E-state index is -0.119. The molecule has 0 atom stereocenters. The monoisotopic (exact) mass is 163 g/mol. The summed E-state index contributed by atoms with van der Waals surface area (Å²) in [5.74, 6) is 0. The summed E-state index contributed by atoms with van der Waals surface area (Å²) >= 11 is 1.18. The predicted molar refractivity (Wildman–Crippen MR) is 45.0 cm³/mol. The lowest BCUT2D eigenvalue weighted by atomic mass is 10.4. The number of nitrogens with zero attached hydrogens (tertiary/aromatic N) is 1. The summed E-state index contributed by atoms with van der Waals surface area (Å²) in [4.78, 5) is 15.4. The molecule has 11 heavy (non-hydrogen) atoms. The molecule has 1 aliphatic heterocycles. The Balaban J connectivity index is 2.83. The van der Waals surface area contributed by atoms with Crippen LogP contribution in [0, 0.1) is 0 Å². The average molecular weight is 163 g/mol. The summed E-state index contributed by atoms with van der Waals surface area (Å²) in [6.07, 6.45) is 0. The van der Waals surface area contributed by atoms with E-state index in [1.165, 1.54) is 11.3 Å². The fraction of sp³-hybridized carbons (Fsp3) is 0. The third kappa shape index (κ3) is 1.14. The highest BCUT2D eigenvalue weighted by Gasteiger charge is 2.03. The van der Waals surface area contributed by atoms with Crippen LogP contribution in [-0.2, 0) is 0 Å². The molecule has 0 spiro atoms. The van der Waals surface area contributed by atoms with E-state index in [1.807, 2.05) is 30.3 Å².